The first-order valence-electron chi connectivity index (χ1n) is 13.0. The normalized spacial score (nSPS) is 23.5. The molecular weight excluding hydrogens is 464 g/mol. The zero-order chi connectivity index (χ0) is 25.2. The van der Waals surface area contributed by atoms with Gasteiger partial charge in [-0.25, -0.2) is 9.97 Å². The van der Waals surface area contributed by atoms with Crippen molar-refractivity contribution in [2.45, 2.75) is 38.0 Å². The monoisotopic (exact) mass is 496 g/mol. The van der Waals surface area contributed by atoms with Crippen LogP contribution in [0, 0.1) is 11.8 Å². The highest BCUT2D eigenvalue weighted by atomic mass is 16.5. The van der Waals surface area contributed by atoms with E-state index in [1.54, 1.807) is 0 Å². The second-order valence-electron chi connectivity index (χ2n) is 10.00. The number of benzene rings is 1. The number of hydrogen-bond acceptors (Lipinski definition) is 9. The first-order chi connectivity index (χ1) is 18.1. The number of hydrogen-bond donors (Lipinski definition) is 1. The molecule has 3 aliphatic heterocycles. The van der Waals surface area contributed by atoms with Gasteiger partial charge in [0.15, 0.2) is 5.82 Å². The SMILES string of the molecule is CC1CCN(c2cc(-c3ccccc3)nnc2N)CCN1c1ccnc(C#CCN2C[C@H]3CC2CO3)n1. The van der Waals surface area contributed by atoms with Gasteiger partial charge in [-0.1, -0.05) is 36.3 Å². The maximum atomic E-state index is 6.29. The van der Waals surface area contributed by atoms with Gasteiger partial charge in [-0.2, -0.15) is 0 Å². The zero-order valence-electron chi connectivity index (χ0n) is 21.1. The highest BCUT2D eigenvalue weighted by molar-refractivity contribution is 5.71. The van der Waals surface area contributed by atoms with Crippen LogP contribution in [-0.2, 0) is 4.74 Å². The van der Waals surface area contributed by atoms with Crippen LogP contribution >= 0.6 is 0 Å². The van der Waals surface area contributed by atoms with Crippen molar-refractivity contribution in [2.75, 3.05) is 54.9 Å². The number of rotatable bonds is 4. The molecule has 1 aromatic carbocycles. The van der Waals surface area contributed by atoms with E-state index in [9.17, 15) is 0 Å². The van der Waals surface area contributed by atoms with E-state index in [4.69, 9.17) is 15.5 Å². The van der Waals surface area contributed by atoms with Gasteiger partial charge in [0.1, 0.15) is 5.82 Å². The van der Waals surface area contributed by atoms with Gasteiger partial charge in [-0.15, -0.1) is 10.2 Å². The standard InChI is InChI=1S/C28H32N8O/c1-20-10-13-34(25-17-24(32-33-28(25)29)21-6-3-2-4-7-21)14-15-36(20)27-9-11-30-26(31-27)8-5-12-35-18-23-16-22(35)19-37-23/h2-4,6-7,9,11,17,20,22-23H,10,12-16,18-19H2,1H3,(H2,29,33)/t20?,22?,23-/m1/s1. The minimum atomic E-state index is 0.311. The Hall–Kier alpha value is -3.74. The molecule has 2 N–H and O–H groups in total. The van der Waals surface area contributed by atoms with Crippen molar-refractivity contribution in [3.8, 4) is 23.1 Å². The third kappa shape index (κ3) is 5.08. The van der Waals surface area contributed by atoms with Gasteiger partial charge in [0.05, 0.1) is 30.6 Å². The molecular formula is C28H32N8O. The highest BCUT2D eigenvalue weighted by Gasteiger charge is 2.38. The molecule has 0 radical (unpaired) electrons. The van der Waals surface area contributed by atoms with Crippen molar-refractivity contribution < 1.29 is 4.74 Å². The molecule has 0 saturated carbocycles. The van der Waals surface area contributed by atoms with Gasteiger partial charge < -0.3 is 20.3 Å². The number of ether oxygens (including phenoxy) is 1. The number of anilines is 3. The molecule has 190 valence electrons. The fourth-order valence-corrected chi connectivity index (χ4v) is 5.50. The molecule has 0 spiro atoms. The van der Waals surface area contributed by atoms with Gasteiger partial charge in [0.2, 0.25) is 5.82 Å². The minimum Gasteiger partial charge on any atom is -0.380 e. The van der Waals surface area contributed by atoms with Crippen LogP contribution in [0.3, 0.4) is 0 Å². The van der Waals surface area contributed by atoms with Crippen LogP contribution in [0.15, 0.2) is 48.7 Å². The quantitative estimate of drug-likeness (QED) is 0.546. The van der Waals surface area contributed by atoms with Crippen molar-refractivity contribution >= 4 is 17.3 Å². The van der Waals surface area contributed by atoms with E-state index in [0.717, 1.165) is 74.9 Å². The van der Waals surface area contributed by atoms with Gasteiger partial charge in [0.25, 0.3) is 0 Å². The topological polar surface area (TPSA) is 96.5 Å². The zero-order valence-corrected chi connectivity index (χ0v) is 21.1. The van der Waals surface area contributed by atoms with Crippen LogP contribution < -0.4 is 15.5 Å². The summed E-state index contributed by atoms with van der Waals surface area (Å²) in [5, 5.41) is 8.59. The van der Waals surface area contributed by atoms with Crippen molar-refractivity contribution in [1.82, 2.24) is 25.1 Å². The van der Waals surface area contributed by atoms with E-state index in [2.05, 4.69) is 54.7 Å². The molecule has 0 aliphatic carbocycles. The lowest BCUT2D eigenvalue weighted by atomic mass is 10.1. The molecule has 2 aromatic heterocycles. The molecule has 37 heavy (non-hydrogen) atoms. The number of nitrogen functional groups attached to an aromatic ring is 1. The van der Waals surface area contributed by atoms with Gasteiger partial charge in [-0.3, -0.25) is 4.90 Å². The minimum absolute atomic E-state index is 0.311. The summed E-state index contributed by atoms with van der Waals surface area (Å²) in [7, 11) is 0. The Bertz CT molecular complexity index is 1310. The third-order valence-corrected chi connectivity index (χ3v) is 7.60. The van der Waals surface area contributed by atoms with E-state index in [0.29, 0.717) is 29.8 Å². The van der Waals surface area contributed by atoms with E-state index in [1.165, 1.54) is 0 Å². The number of aromatic nitrogens is 4. The summed E-state index contributed by atoms with van der Waals surface area (Å²) in [6.07, 6.45) is 4.29. The first kappa shape index (κ1) is 23.6. The molecule has 2 bridgehead atoms. The summed E-state index contributed by atoms with van der Waals surface area (Å²) in [5.74, 6) is 8.40. The number of nitrogens with two attached hydrogens (primary N) is 1. The fourth-order valence-electron chi connectivity index (χ4n) is 5.50. The number of morpholine rings is 1. The van der Waals surface area contributed by atoms with Crippen LogP contribution in [0.1, 0.15) is 25.6 Å². The Balaban J connectivity index is 1.15. The molecule has 3 aliphatic rings. The summed E-state index contributed by atoms with van der Waals surface area (Å²) in [5.41, 5.74) is 9.07. The summed E-state index contributed by atoms with van der Waals surface area (Å²) in [4.78, 5) is 16.3. The van der Waals surface area contributed by atoms with Crippen molar-refractivity contribution in [3.63, 3.8) is 0 Å². The molecule has 3 fully saturated rings. The maximum Gasteiger partial charge on any atom is 0.206 e. The lowest BCUT2D eigenvalue weighted by Crippen LogP contribution is -2.37. The number of likely N-dealkylation sites (tertiary alicyclic amines) is 1. The van der Waals surface area contributed by atoms with Crippen LogP contribution in [0.5, 0.6) is 0 Å². The Morgan fingerprint density at radius 2 is 2.00 bits per heavy atom. The van der Waals surface area contributed by atoms with Crippen LogP contribution in [0.2, 0.25) is 0 Å². The third-order valence-electron chi connectivity index (χ3n) is 7.60. The lowest BCUT2D eigenvalue weighted by Gasteiger charge is -2.28. The molecule has 5 heterocycles. The largest absolute Gasteiger partial charge is 0.380 e. The summed E-state index contributed by atoms with van der Waals surface area (Å²) < 4.78 is 5.68. The fraction of sp³-hybridized carbons (Fsp3) is 0.429. The maximum absolute atomic E-state index is 6.29. The molecule has 6 rings (SSSR count). The molecule has 3 saturated heterocycles. The summed E-state index contributed by atoms with van der Waals surface area (Å²) in [6, 6.07) is 14.9. The Morgan fingerprint density at radius 1 is 1.11 bits per heavy atom. The van der Waals surface area contributed by atoms with Gasteiger partial charge >= 0.3 is 0 Å². The van der Waals surface area contributed by atoms with E-state index in [-0.39, 0.29) is 0 Å². The number of fused-ring (bicyclic) bond motifs is 2. The van der Waals surface area contributed by atoms with Crippen LogP contribution in [0.4, 0.5) is 17.3 Å². The lowest BCUT2D eigenvalue weighted by molar-refractivity contribution is 0.0363. The Kier molecular flexibility index (Phi) is 6.60. The van der Waals surface area contributed by atoms with Gasteiger partial charge in [0, 0.05) is 50.0 Å². The average molecular weight is 497 g/mol. The summed E-state index contributed by atoms with van der Waals surface area (Å²) >= 11 is 0. The smallest absolute Gasteiger partial charge is 0.206 e. The number of nitrogens with zero attached hydrogens (tertiary/aromatic N) is 7. The Morgan fingerprint density at radius 3 is 2.81 bits per heavy atom. The molecule has 3 atom stereocenters. The molecule has 0 amide bonds. The highest BCUT2D eigenvalue weighted by Crippen LogP contribution is 2.29. The van der Waals surface area contributed by atoms with Crippen LogP contribution in [0.25, 0.3) is 11.3 Å². The van der Waals surface area contributed by atoms with Gasteiger partial charge in [-0.05, 0) is 37.8 Å². The second kappa shape index (κ2) is 10.3. The molecule has 9 nitrogen and oxygen atoms in total. The molecule has 2 unspecified atom stereocenters. The average Bonchev–Trinajstić information content (AvgIpc) is 3.50. The predicted molar refractivity (Wildman–Crippen MR) is 144 cm³/mol. The van der Waals surface area contributed by atoms with E-state index >= 15 is 0 Å². The van der Waals surface area contributed by atoms with Crippen LogP contribution in [-0.4, -0.2) is 82.6 Å². The van der Waals surface area contributed by atoms with Crippen molar-refractivity contribution in [2.24, 2.45) is 0 Å². The molecule has 9 heteroatoms. The van der Waals surface area contributed by atoms with E-state index in [1.807, 2.05) is 42.6 Å². The first-order valence-corrected chi connectivity index (χ1v) is 13.0. The summed E-state index contributed by atoms with van der Waals surface area (Å²) in [6.45, 7) is 7.28. The van der Waals surface area contributed by atoms with E-state index < -0.39 is 0 Å². The van der Waals surface area contributed by atoms with Crippen molar-refractivity contribution in [3.05, 3.63) is 54.5 Å². The van der Waals surface area contributed by atoms with Crippen molar-refractivity contribution in [1.29, 1.82) is 0 Å². The molecule has 3 aromatic rings. The predicted octanol–water partition coefficient (Wildman–Crippen LogP) is 2.45. The Labute approximate surface area is 217 Å². The second-order valence-corrected chi connectivity index (χ2v) is 10.00.